The minimum atomic E-state index is 0.647. The van der Waals surface area contributed by atoms with E-state index >= 15 is 0 Å². The molecule has 0 saturated carbocycles. The van der Waals surface area contributed by atoms with Crippen LogP contribution in [0.2, 0.25) is 0 Å². The highest BCUT2D eigenvalue weighted by atomic mass is 14.2. The van der Waals surface area contributed by atoms with Gasteiger partial charge in [-0.3, -0.25) is 0 Å². The van der Waals surface area contributed by atoms with Gasteiger partial charge < -0.3 is 0 Å². The molecule has 0 aromatic heterocycles. The largest absolute Gasteiger partial charge is 0.0625 e. The smallest absolute Gasteiger partial charge is 0.00254 e. The van der Waals surface area contributed by atoms with Gasteiger partial charge in [0.15, 0.2) is 0 Å². The molecule has 0 aliphatic rings. The van der Waals surface area contributed by atoms with Gasteiger partial charge in [0.2, 0.25) is 0 Å². The average molecular weight is 545 g/mol. The number of benzene rings is 4. The molecule has 0 fully saturated rings. The van der Waals surface area contributed by atoms with Crippen LogP contribution in [0.15, 0.2) is 84.9 Å². The van der Waals surface area contributed by atoms with Crippen LogP contribution in [0.1, 0.15) is 97.2 Å². The third-order valence-electron chi connectivity index (χ3n) is 7.72. The summed E-state index contributed by atoms with van der Waals surface area (Å²) in [6, 6.07) is 32.9. The Kier molecular flexibility index (Phi) is 11.0. The zero-order valence-electron chi connectivity index (χ0n) is 26.8. The highest BCUT2D eigenvalue weighted by molar-refractivity contribution is 5.40. The molecule has 0 bridgehead atoms. The molecule has 0 saturated heterocycles. The Morgan fingerprint density at radius 2 is 0.732 bits per heavy atom. The second kappa shape index (κ2) is 14.7. The van der Waals surface area contributed by atoms with Gasteiger partial charge in [-0.2, -0.15) is 0 Å². The fourth-order valence-corrected chi connectivity index (χ4v) is 6.35. The molecule has 0 N–H and O–H groups in total. The maximum atomic E-state index is 2.48. The average Bonchev–Trinajstić information content (AvgIpc) is 2.86. The van der Waals surface area contributed by atoms with Crippen molar-refractivity contribution in [3.63, 3.8) is 0 Å². The van der Waals surface area contributed by atoms with E-state index in [1.165, 1.54) is 55.6 Å². The van der Waals surface area contributed by atoms with Crippen molar-refractivity contribution in [1.29, 1.82) is 0 Å². The van der Waals surface area contributed by atoms with Crippen molar-refractivity contribution in [2.45, 2.75) is 93.4 Å². The van der Waals surface area contributed by atoms with E-state index in [9.17, 15) is 0 Å². The van der Waals surface area contributed by atoms with Crippen LogP contribution in [0, 0.1) is 24.7 Å². The summed E-state index contributed by atoms with van der Waals surface area (Å²) in [5.41, 5.74) is 14.5. The zero-order valence-corrected chi connectivity index (χ0v) is 26.8. The first-order valence-corrected chi connectivity index (χ1v) is 16.0. The van der Waals surface area contributed by atoms with Gasteiger partial charge in [0, 0.05) is 0 Å². The number of rotatable bonds is 13. The third-order valence-corrected chi connectivity index (χ3v) is 7.72. The molecule has 4 aromatic carbocycles. The first-order chi connectivity index (χ1) is 19.6. The topological polar surface area (TPSA) is 0 Å². The van der Waals surface area contributed by atoms with Crippen molar-refractivity contribution < 1.29 is 0 Å². The molecule has 0 radical (unpaired) electrons. The van der Waals surface area contributed by atoms with Gasteiger partial charge in [-0.1, -0.05) is 132 Å². The second-order valence-electron chi connectivity index (χ2n) is 13.8. The summed E-state index contributed by atoms with van der Waals surface area (Å²) in [5.74, 6) is 1.98. The van der Waals surface area contributed by atoms with Crippen molar-refractivity contribution >= 4 is 0 Å². The molecule has 0 unspecified atom stereocenters. The van der Waals surface area contributed by atoms with Gasteiger partial charge in [0.25, 0.3) is 0 Å². The Labute approximate surface area is 251 Å². The monoisotopic (exact) mass is 544 g/mol. The molecule has 0 nitrogen and oxygen atoms in total. The molecule has 0 heterocycles. The minimum Gasteiger partial charge on any atom is -0.0625 e. The zero-order chi connectivity index (χ0) is 29.4. The van der Waals surface area contributed by atoms with Crippen LogP contribution in [0.3, 0.4) is 0 Å². The Balaban J connectivity index is 1.62. The Hall–Kier alpha value is -3.12. The highest BCUT2D eigenvalue weighted by Crippen LogP contribution is 2.24. The lowest BCUT2D eigenvalue weighted by Crippen LogP contribution is -2.02. The minimum absolute atomic E-state index is 0.647. The van der Waals surface area contributed by atoms with Crippen LogP contribution in [-0.4, -0.2) is 0 Å². The van der Waals surface area contributed by atoms with Crippen LogP contribution in [0.4, 0.5) is 0 Å². The molecule has 4 aromatic rings. The predicted octanol–water partition coefficient (Wildman–Crippen LogP) is 10.6. The Bertz CT molecular complexity index is 1390. The highest BCUT2D eigenvalue weighted by Gasteiger charge is 2.10. The SMILES string of the molecule is Cc1cc(Cc2cc(Cc3cc(CCc4ccccc4)cc(CC(C)C)c3)cc(CC(C)C)c2)cc(CC(C)C)c1. The van der Waals surface area contributed by atoms with Crippen LogP contribution in [0.5, 0.6) is 0 Å². The maximum absolute atomic E-state index is 2.48. The van der Waals surface area contributed by atoms with Gasteiger partial charge in [0.05, 0.1) is 0 Å². The number of hydrogen-bond donors (Lipinski definition) is 0. The van der Waals surface area contributed by atoms with E-state index in [2.05, 4.69) is 133 Å². The summed E-state index contributed by atoms with van der Waals surface area (Å²) in [6.45, 7) is 16.2. The van der Waals surface area contributed by atoms with Gasteiger partial charge >= 0.3 is 0 Å². The lowest BCUT2D eigenvalue weighted by atomic mass is 9.90. The van der Waals surface area contributed by atoms with E-state index in [1.807, 2.05) is 0 Å². The molecule has 4 rings (SSSR count). The van der Waals surface area contributed by atoms with Crippen molar-refractivity contribution in [2.75, 3.05) is 0 Å². The maximum Gasteiger partial charge on any atom is -0.00254 e. The van der Waals surface area contributed by atoms with E-state index in [4.69, 9.17) is 0 Å². The van der Waals surface area contributed by atoms with Crippen molar-refractivity contribution in [3.05, 3.63) is 141 Å². The van der Waals surface area contributed by atoms with E-state index in [0.717, 1.165) is 44.9 Å². The molecule has 0 heteroatoms. The normalized spacial score (nSPS) is 11.7. The van der Waals surface area contributed by atoms with Crippen LogP contribution in [0.25, 0.3) is 0 Å². The van der Waals surface area contributed by atoms with E-state index in [1.54, 1.807) is 0 Å². The molecule has 0 atom stereocenters. The van der Waals surface area contributed by atoms with Crippen LogP contribution < -0.4 is 0 Å². The predicted molar refractivity (Wildman–Crippen MR) is 179 cm³/mol. The van der Waals surface area contributed by atoms with Crippen molar-refractivity contribution in [1.82, 2.24) is 0 Å². The molecule has 0 aliphatic carbocycles. The fourth-order valence-electron chi connectivity index (χ4n) is 6.35. The quantitative estimate of drug-likeness (QED) is 0.157. The van der Waals surface area contributed by atoms with Crippen molar-refractivity contribution in [3.8, 4) is 0 Å². The van der Waals surface area contributed by atoms with Crippen LogP contribution in [-0.2, 0) is 44.9 Å². The summed E-state index contributed by atoms with van der Waals surface area (Å²) in [6.07, 6.45) is 7.59. The lowest BCUT2D eigenvalue weighted by Gasteiger charge is -2.15. The Morgan fingerprint density at radius 3 is 1.22 bits per heavy atom. The Morgan fingerprint density at radius 1 is 0.390 bits per heavy atom. The van der Waals surface area contributed by atoms with E-state index in [0.29, 0.717) is 17.8 Å². The first kappa shape index (κ1) is 30.8. The lowest BCUT2D eigenvalue weighted by molar-refractivity contribution is 0.645. The molecular weight excluding hydrogens is 492 g/mol. The van der Waals surface area contributed by atoms with Gasteiger partial charge in [-0.15, -0.1) is 0 Å². The van der Waals surface area contributed by atoms with E-state index in [-0.39, 0.29) is 0 Å². The summed E-state index contributed by atoms with van der Waals surface area (Å²) < 4.78 is 0. The summed E-state index contributed by atoms with van der Waals surface area (Å²) >= 11 is 0. The summed E-state index contributed by atoms with van der Waals surface area (Å²) in [5, 5.41) is 0. The van der Waals surface area contributed by atoms with Gasteiger partial charge in [0.1, 0.15) is 0 Å². The first-order valence-electron chi connectivity index (χ1n) is 16.0. The van der Waals surface area contributed by atoms with E-state index < -0.39 is 0 Å². The molecular formula is C41H52. The van der Waals surface area contributed by atoms with Crippen molar-refractivity contribution in [2.24, 2.45) is 17.8 Å². The fraction of sp³-hybridized carbons (Fsp3) is 0.415. The van der Waals surface area contributed by atoms with Crippen LogP contribution >= 0.6 is 0 Å². The van der Waals surface area contributed by atoms with Gasteiger partial charge in [-0.25, -0.2) is 0 Å². The standard InChI is InChI=1S/C41H52/c1-29(2)15-35-18-32(7)19-38(22-35)26-40-24-37(17-31(5)6)25-41(28-40)27-39-21-34(20-36(23-39)16-30(3)4)14-13-33-11-9-8-10-12-33/h8-12,18-25,28-31H,13-17,26-27H2,1-7H3. The molecule has 0 spiro atoms. The third kappa shape index (κ3) is 10.3. The summed E-state index contributed by atoms with van der Waals surface area (Å²) in [7, 11) is 0. The molecule has 0 aliphatic heterocycles. The number of hydrogen-bond acceptors (Lipinski definition) is 0. The van der Waals surface area contributed by atoms with Gasteiger partial charge in [-0.05, 0) is 120 Å². The second-order valence-corrected chi connectivity index (χ2v) is 13.8. The molecule has 0 amide bonds. The summed E-state index contributed by atoms with van der Waals surface area (Å²) in [4.78, 5) is 0. The number of aryl methyl sites for hydroxylation is 3. The molecule has 216 valence electrons. The molecule has 41 heavy (non-hydrogen) atoms.